The van der Waals surface area contributed by atoms with Crippen molar-refractivity contribution in [2.75, 3.05) is 13.2 Å². The molecule has 2 aliphatic carbocycles. The first kappa shape index (κ1) is 37.8. The molecule has 2 aromatic rings. The Morgan fingerprint density at radius 1 is 1.08 bits per heavy atom. The molecule has 2 aliphatic heterocycles. The molecule has 13 heteroatoms. The predicted octanol–water partition coefficient (Wildman–Crippen LogP) is 4.77. The summed E-state index contributed by atoms with van der Waals surface area (Å²) in [6.45, 7) is 6.22. The fourth-order valence-corrected chi connectivity index (χ4v) is 11.5. The standard InChI is InChI=1S/C39H51N3O8SSi/c1-3-5-16-32-35(43)42-25-30(23-33(42)36(44)52-39(24-29(39)4-2)37(45)41-51(47,48)31-19-20-31)50-34-22-28(26-13-10-8-11-14-26)18-17-27(34)15-9-6-7-12-21-49-38(46)40-32/h4,8,10-11,13-14,17-18,22,29-33H,2-3,5-7,9,12,15-16,19-21,23-25,52H2,1H3,(H,40,46)(H,41,45)/t29-,30-,32+,33+,39-/m1/s1. The smallest absolute Gasteiger partial charge is 0.407 e. The summed E-state index contributed by atoms with van der Waals surface area (Å²) in [5.41, 5.74) is 3.08. The number of carbonyl (C=O) groups is 4. The van der Waals surface area contributed by atoms with Crippen molar-refractivity contribution in [3.8, 4) is 16.9 Å². The molecule has 2 heterocycles. The Bertz CT molecular complexity index is 1770. The highest BCUT2D eigenvalue weighted by atomic mass is 32.2. The van der Waals surface area contributed by atoms with Crippen LogP contribution in [0.1, 0.15) is 83.1 Å². The first-order valence-corrected chi connectivity index (χ1v) is 21.8. The number of carbonyl (C=O) groups excluding carboxylic acids is 4. The van der Waals surface area contributed by atoms with Crippen LogP contribution in [0.4, 0.5) is 4.79 Å². The van der Waals surface area contributed by atoms with Crippen molar-refractivity contribution in [3.63, 3.8) is 0 Å². The minimum Gasteiger partial charge on any atom is -0.488 e. The number of allylic oxidation sites excluding steroid dienone is 1. The second-order valence-electron chi connectivity index (χ2n) is 14.8. The van der Waals surface area contributed by atoms with E-state index in [1.165, 1.54) is 4.90 Å². The van der Waals surface area contributed by atoms with Crippen LogP contribution in [0.5, 0.6) is 5.75 Å². The van der Waals surface area contributed by atoms with Gasteiger partial charge in [-0.25, -0.2) is 13.2 Å². The van der Waals surface area contributed by atoms with Gasteiger partial charge in [-0.15, -0.1) is 6.58 Å². The average molecular weight is 750 g/mol. The Kier molecular flexibility index (Phi) is 11.9. The molecule has 5 atom stereocenters. The second-order valence-corrected chi connectivity index (χ2v) is 19.1. The molecule has 2 N–H and O–H groups in total. The monoisotopic (exact) mass is 749 g/mol. The zero-order chi connectivity index (χ0) is 36.9. The molecule has 6 rings (SSSR count). The van der Waals surface area contributed by atoms with E-state index in [0.717, 1.165) is 48.8 Å². The van der Waals surface area contributed by atoms with Crippen molar-refractivity contribution in [3.05, 3.63) is 66.7 Å². The Morgan fingerprint density at radius 2 is 1.85 bits per heavy atom. The Hall–Kier alpha value is -3.97. The van der Waals surface area contributed by atoms with Gasteiger partial charge in [-0.1, -0.05) is 81.1 Å². The Balaban J connectivity index is 1.31. The summed E-state index contributed by atoms with van der Waals surface area (Å²) in [6, 6.07) is 14.4. The number of amides is 3. The molecule has 0 radical (unpaired) electrons. The molecule has 0 spiro atoms. The minimum atomic E-state index is -3.81. The number of aryl methyl sites for hydroxylation is 1. The number of nitrogens with one attached hydrogen (secondary N) is 2. The molecular formula is C39H51N3O8SSi. The zero-order valence-electron chi connectivity index (χ0n) is 30.0. The molecule has 0 unspecified atom stereocenters. The van der Waals surface area contributed by atoms with Crippen LogP contribution in [-0.4, -0.2) is 82.7 Å². The first-order chi connectivity index (χ1) is 25.0. The number of ether oxygens (including phenoxy) is 2. The van der Waals surface area contributed by atoms with Crippen LogP contribution in [0.3, 0.4) is 0 Å². The van der Waals surface area contributed by atoms with Gasteiger partial charge in [-0.05, 0) is 73.6 Å². The molecule has 280 valence electrons. The molecule has 11 nitrogen and oxygen atoms in total. The fraction of sp³-hybridized carbons (Fsp3) is 0.538. The average Bonchev–Trinajstić information content (AvgIpc) is 4.06. The maximum absolute atomic E-state index is 14.4. The molecule has 4 aliphatic rings. The van der Waals surface area contributed by atoms with Crippen LogP contribution in [0.25, 0.3) is 11.1 Å². The van der Waals surface area contributed by atoms with E-state index in [2.05, 4.69) is 28.8 Å². The van der Waals surface area contributed by atoms with E-state index in [1.807, 2.05) is 43.3 Å². The summed E-state index contributed by atoms with van der Waals surface area (Å²) in [6.07, 6.45) is 8.10. The van der Waals surface area contributed by atoms with Gasteiger partial charge in [0.05, 0.1) is 29.5 Å². The van der Waals surface area contributed by atoms with Gasteiger partial charge in [-0.2, -0.15) is 0 Å². The number of hydrogen-bond donors (Lipinski definition) is 2. The summed E-state index contributed by atoms with van der Waals surface area (Å²) in [5.74, 6) is -0.632. The van der Waals surface area contributed by atoms with E-state index in [9.17, 15) is 27.6 Å². The number of sulfonamides is 1. The predicted molar refractivity (Wildman–Crippen MR) is 201 cm³/mol. The molecule has 52 heavy (non-hydrogen) atoms. The Labute approximate surface area is 309 Å². The summed E-state index contributed by atoms with van der Waals surface area (Å²) >= 11 is 0. The molecule has 2 saturated carbocycles. The summed E-state index contributed by atoms with van der Waals surface area (Å²) in [4.78, 5) is 56.8. The summed E-state index contributed by atoms with van der Waals surface area (Å²) in [7, 11) is -5.77. The maximum Gasteiger partial charge on any atom is 0.407 e. The van der Waals surface area contributed by atoms with E-state index >= 15 is 0 Å². The lowest BCUT2D eigenvalue weighted by molar-refractivity contribution is -0.137. The molecule has 3 amide bonds. The zero-order valence-corrected chi connectivity index (χ0v) is 32.2. The van der Waals surface area contributed by atoms with Crippen LogP contribution < -0.4 is 14.8 Å². The first-order valence-electron chi connectivity index (χ1n) is 18.8. The summed E-state index contributed by atoms with van der Waals surface area (Å²) < 4.78 is 40.0. The van der Waals surface area contributed by atoms with Gasteiger partial charge in [0.1, 0.15) is 32.8 Å². The van der Waals surface area contributed by atoms with Crippen LogP contribution in [0.2, 0.25) is 5.04 Å². The second kappa shape index (κ2) is 16.4. The van der Waals surface area contributed by atoms with Gasteiger partial charge in [-0.3, -0.25) is 14.3 Å². The SMILES string of the molecule is C=C[C@@H]1C[C@]1([SiH2]C(=O)[C@@H]1C[C@@H]2CN1C(=O)[C@H](CCCC)NC(=O)OCCCCCCc1ccc(-c3ccccc3)cc1O2)C(=O)NS(=O)(=O)C1CC1. The Morgan fingerprint density at radius 3 is 2.56 bits per heavy atom. The van der Waals surface area contributed by atoms with E-state index in [4.69, 9.17) is 9.47 Å². The van der Waals surface area contributed by atoms with E-state index in [-0.39, 0.29) is 30.9 Å². The van der Waals surface area contributed by atoms with Crippen molar-refractivity contribution in [2.45, 2.75) is 112 Å². The lowest BCUT2D eigenvalue weighted by Gasteiger charge is -2.29. The van der Waals surface area contributed by atoms with Gasteiger partial charge < -0.3 is 24.5 Å². The normalized spacial score (nSPS) is 27.1. The molecule has 1 saturated heterocycles. The molecule has 3 fully saturated rings. The van der Waals surface area contributed by atoms with Crippen molar-refractivity contribution in [1.82, 2.24) is 14.9 Å². The lowest BCUT2D eigenvalue weighted by atomic mass is 9.99. The van der Waals surface area contributed by atoms with Crippen LogP contribution in [0, 0.1) is 5.92 Å². The summed E-state index contributed by atoms with van der Waals surface area (Å²) in [5, 5.41) is 0.864. The maximum atomic E-state index is 14.4. The largest absolute Gasteiger partial charge is 0.488 e. The van der Waals surface area contributed by atoms with Crippen molar-refractivity contribution in [2.24, 2.45) is 5.92 Å². The molecule has 2 aromatic carbocycles. The van der Waals surface area contributed by atoms with Gasteiger partial charge >= 0.3 is 6.09 Å². The van der Waals surface area contributed by atoms with Crippen LogP contribution in [0.15, 0.2) is 61.2 Å². The molecule has 2 bridgehead atoms. The number of alkyl carbamates (subject to hydrolysis) is 1. The number of hydrogen-bond acceptors (Lipinski definition) is 8. The lowest BCUT2D eigenvalue weighted by Crippen LogP contribution is -2.53. The van der Waals surface area contributed by atoms with Crippen LogP contribution in [-0.2, 0) is 35.6 Å². The van der Waals surface area contributed by atoms with E-state index < -0.39 is 65.9 Å². The van der Waals surface area contributed by atoms with Gasteiger partial charge in [0, 0.05) is 6.42 Å². The number of rotatable bonds is 11. The minimum absolute atomic E-state index is 0.123. The van der Waals surface area contributed by atoms with Gasteiger partial charge in [0.15, 0.2) is 0 Å². The highest BCUT2D eigenvalue weighted by Crippen LogP contribution is 2.60. The van der Waals surface area contributed by atoms with Gasteiger partial charge in [0.25, 0.3) is 0 Å². The number of cyclic esters (lactones) is 1. The van der Waals surface area contributed by atoms with Crippen LogP contribution >= 0.6 is 0 Å². The topological polar surface area (TPSA) is 148 Å². The fourth-order valence-electron chi connectivity index (χ4n) is 7.59. The highest BCUT2D eigenvalue weighted by molar-refractivity contribution is 7.91. The number of benzene rings is 2. The molecular weight excluding hydrogens is 699 g/mol. The van der Waals surface area contributed by atoms with Crippen molar-refractivity contribution in [1.29, 1.82) is 0 Å². The van der Waals surface area contributed by atoms with Crippen molar-refractivity contribution < 1.29 is 37.1 Å². The quantitative estimate of drug-likeness (QED) is 0.247. The van der Waals surface area contributed by atoms with E-state index in [1.54, 1.807) is 6.08 Å². The highest BCUT2D eigenvalue weighted by Gasteiger charge is 2.61. The van der Waals surface area contributed by atoms with Gasteiger partial charge in [0.2, 0.25) is 21.8 Å². The third kappa shape index (κ3) is 8.79. The third-order valence-electron chi connectivity index (χ3n) is 11.0. The number of unbranched alkanes of at least 4 members (excludes halogenated alkanes) is 1. The van der Waals surface area contributed by atoms with E-state index in [0.29, 0.717) is 44.3 Å². The third-order valence-corrected chi connectivity index (χ3v) is 15.4. The number of nitrogens with zero attached hydrogens (tertiary/aromatic N) is 1. The number of fused-ring (bicyclic) bond motifs is 3. The molecule has 0 aromatic heterocycles. The van der Waals surface area contributed by atoms with Crippen molar-refractivity contribution >= 4 is 42.9 Å².